The van der Waals surface area contributed by atoms with Crippen molar-refractivity contribution in [1.29, 1.82) is 0 Å². The van der Waals surface area contributed by atoms with Crippen molar-refractivity contribution in [3.63, 3.8) is 0 Å². The lowest BCUT2D eigenvalue weighted by molar-refractivity contribution is 0.0954. The van der Waals surface area contributed by atoms with E-state index in [4.69, 9.17) is 18.9 Å². The smallest absolute Gasteiger partial charge is 0.271 e. The van der Waals surface area contributed by atoms with Crippen molar-refractivity contribution in [2.75, 3.05) is 14.2 Å². The van der Waals surface area contributed by atoms with Gasteiger partial charge in [-0.1, -0.05) is 48.5 Å². The van der Waals surface area contributed by atoms with Crippen molar-refractivity contribution in [3.8, 4) is 23.0 Å². The summed E-state index contributed by atoms with van der Waals surface area (Å²) in [5.74, 6) is 1.03. The third-order valence-corrected chi connectivity index (χ3v) is 6.21. The minimum Gasteiger partial charge on any atom is -0.493 e. The maximum absolute atomic E-state index is 13.9. The Balaban J connectivity index is 1.39. The molecule has 4 rings (SSSR count). The molecule has 200 valence electrons. The molecule has 1 amide bonds. The van der Waals surface area contributed by atoms with Gasteiger partial charge in [0, 0.05) is 11.1 Å². The van der Waals surface area contributed by atoms with Crippen LogP contribution < -0.4 is 24.4 Å². The number of benzene rings is 4. The summed E-state index contributed by atoms with van der Waals surface area (Å²) in [6.45, 7) is 0.406. The zero-order chi connectivity index (χ0) is 27.6. The van der Waals surface area contributed by atoms with Gasteiger partial charge in [-0.15, -0.1) is 0 Å². The van der Waals surface area contributed by atoms with E-state index in [1.54, 1.807) is 48.5 Å². The molecule has 0 heterocycles. The maximum Gasteiger partial charge on any atom is 0.271 e. The SMILES string of the molecule is COc1cc(C(=O)N/N=C/c2cc(Br)c(OCc3ccccc3F)c(OC)c2)ccc1OCc1ccccc1. The zero-order valence-corrected chi connectivity index (χ0v) is 22.9. The minimum absolute atomic E-state index is 0.0324. The molecule has 4 aromatic carbocycles. The van der Waals surface area contributed by atoms with E-state index in [2.05, 4.69) is 26.5 Å². The molecule has 7 nitrogen and oxygen atoms in total. The van der Waals surface area contributed by atoms with Crippen molar-refractivity contribution in [1.82, 2.24) is 5.43 Å². The quantitative estimate of drug-likeness (QED) is 0.158. The summed E-state index contributed by atoms with van der Waals surface area (Å²) in [4.78, 5) is 12.7. The Morgan fingerprint density at radius 2 is 1.62 bits per heavy atom. The van der Waals surface area contributed by atoms with Gasteiger partial charge in [0.25, 0.3) is 5.91 Å². The molecule has 0 saturated heterocycles. The molecular weight excluding hydrogens is 567 g/mol. The molecule has 0 spiro atoms. The number of hydrogen-bond donors (Lipinski definition) is 1. The Hall–Kier alpha value is -4.37. The molecule has 0 aliphatic rings. The third-order valence-electron chi connectivity index (χ3n) is 5.62. The topological polar surface area (TPSA) is 78.4 Å². The molecule has 0 atom stereocenters. The molecule has 39 heavy (non-hydrogen) atoms. The standard InChI is InChI=1S/C30H26BrFN2O5/c1-36-27-16-22(12-13-26(27)38-18-20-8-4-3-5-9-20)30(35)34-33-17-21-14-24(31)29(28(15-21)37-2)39-19-23-10-6-7-11-25(23)32/h3-17H,18-19H2,1-2H3,(H,34,35)/b33-17+. The first-order valence-corrected chi connectivity index (χ1v) is 12.7. The highest BCUT2D eigenvalue weighted by Crippen LogP contribution is 2.37. The lowest BCUT2D eigenvalue weighted by Crippen LogP contribution is -2.17. The summed E-state index contributed by atoms with van der Waals surface area (Å²) in [5, 5.41) is 4.06. The first kappa shape index (κ1) is 27.7. The molecule has 0 aromatic heterocycles. The van der Waals surface area contributed by atoms with E-state index in [0.717, 1.165) is 5.56 Å². The van der Waals surface area contributed by atoms with Gasteiger partial charge < -0.3 is 18.9 Å². The van der Waals surface area contributed by atoms with E-state index in [-0.39, 0.29) is 12.4 Å². The predicted molar refractivity (Wildman–Crippen MR) is 150 cm³/mol. The third kappa shape index (κ3) is 7.36. The zero-order valence-electron chi connectivity index (χ0n) is 21.3. The second kappa shape index (κ2) is 13.4. The Morgan fingerprint density at radius 3 is 2.36 bits per heavy atom. The van der Waals surface area contributed by atoms with Crippen LogP contribution >= 0.6 is 15.9 Å². The lowest BCUT2D eigenvalue weighted by Gasteiger charge is -2.14. The predicted octanol–water partition coefficient (Wildman–Crippen LogP) is 6.53. The summed E-state index contributed by atoms with van der Waals surface area (Å²) in [5.41, 5.74) is 4.94. The highest BCUT2D eigenvalue weighted by atomic mass is 79.9. The molecule has 0 aliphatic heterocycles. The number of methoxy groups -OCH3 is 2. The van der Waals surface area contributed by atoms with Crippen LogP contribution in [0.25, 0.3) is 0 Å². The van der Waals surface area contributed by atoms with Crippen molar-refractivity contribution in [3.05, 3.63) is 117 Å². The Kier molecular flexibility index (Phi) is 9.53. The molecule has 0 radical (unpaired) electrons. The van der Waals surface area contributed by atoms with Gasteiger partial charge in [0.15, 0.2) is 23.0 Å². The summed E-state index contributed by atoms with van der Waals surface area (Å²) in [6, 6.07) is 24.5. The second-order valence-electron chi connectivity index (χ2n) is 8.25. The number of hydrazone groups is 1. The molecule has 0 saturated carbocycles. The van der Waals surface area contributed by atoms with Crippen LogP contribution in [0.2, 0.25) is 0 Å². The van der Waals surface area contributed by atoms with Gasteiger partial charge in [-0.25, -0.2) is 9.82 Å². The molecule has 1 N–H and O–H groups in total. The van der Waals surface area contributed by atoms with E-state index in [1.165, 1.54) is 26.5 Å². The number of carbonyl (C=O) groups is 1. The fraction of sp³-hybridized carbons (Fsp3) is 0.133. The largest absolute Gasteiger partial charge is 0.493 e. The van der Waals surface area contributed by atoms with Crippen LogP contribution in [0.4, 0.5) is 4.39 Å². The number of hydrogen-bond acceptors (Lipinski definition) is 6. The van der Waals surface area contributed by atoms with Crippen LogP contribution in [0.5, 0.6) is 23.0 Å². The molecule has 0 fully saturated rings. The molecule has 0 unspecified atom stereocenters. The molecule has 9 heteroatoms. The second-order valence-corrected chi connectivity index (χ2v) is 9.11. The summed E-state index contributed by atoms with van der Waals surface area (Å²) >= 11 is 3.47. The Labute approximate surface area is 234 Å². The average molecular weight is 593 g/mol. The van der Waals surface area contributed by atoms with Crippen LogP contribution in [0, 0.1) is 5.82 Å². The van der Waals surface area contributed by atoms with Crippen molar-refractivity contribution in [2.24, 2.45) is 5.10 Å². The molecule has 0 bridgehead atoms. The number of nitrogens with zero attached hydrogens (tertiary/aromatic N) is 1. The molecule has 0 aliphatic carbocycles. The van der Waals surface area contributed by atoms with Crippen LogP contribution in [-0.2, 0) is 13.2 Å². The number of halogens is 2. The maximum atomic E-state index is 13.9. The number of nitrogens with one attached hydrogen (secondary N) is 1. The van der Waals surface area contributed by atoms with E-state index in [0.29, 0.717) is 50.8 Å². The lowest BCUT2D eigenvalue weighted by atomic mass is 10.2. The van der Waals surface area contributed by atoms with Crippen LogP contribution in [0.1, 0.15) is 27.0 Å². The minimum atomic E-state index is -0.421. The number of amides is 1. The average Bonchev–Trinajstić information content (AvgIpc) is 2.96. The van der Waals surface area contributed by atoms with Crippen LogP contribution in [0.15, 0.2) is 94.5 Å². The van der Waals surface area contributed by atoms with Gasteiger partial charge in [-0.3, -0.25) is 4.79 Å². The first-order valence-electron chi connectivity index (χ1n) is 11.9. The van der Waals surface area contributed by atoms with E-state index in [1.807, 2.05) is 30.3 Å². The van der Waals surface area contributed by atoms with Gasteiger partial charge >= 0.3 is 0 Å². The van der Waals surface area contributed by atoms with Gasteiger partial charge in [-0.05, 0) is 63.5 Å². The number of rotatable bonds is 11. The Bertz CT molecular complexity index is 1460. The fourth-order valence-corrected chi connectivity index (χ4v) is 4.19. The normalized spacial score (nSPS) is 10.8. The van der Waals surface area contributed by atoms with Crippen LogP contribution in [-0.4, -0.2) is 26.3 Å². The number of ether oxygens (including phenoxy) is 4. The number of carbonyl (C=O) groups excluding carboxylic acids is 1. The summed E-state index contributed by atoms with van der Waals surface area (Å²) < 4.78 is 37.0. The van der Waals surface area contributed by atoms with Crippen molar-refractivity contribution in [2.45, 2.75) is 13.2 Å². The van der Waals surface area contributed by atoms with E-state index >= 15 is 0 Å². The monoisotopic (exact) mass is 592 g/mol. The summed E-state index contributed by atoms with van der Waals surface area (Å²) in [6.07, 6.45) is 1.47. The summed E-state index contributed by atoms with van der Waals surface area (Å²) in [7, 11) is 3.01. The highest BCUT2D eigenvalue weighted by Gasteiger charge is 2.14. The van der Waals surface area contributed by atoms with Crippen molar-refractivity contribution < 1.29 is 28.1 Å². The molecule has 4 aromatic rings. The van der Waals surface area contributed by atoms with E-state index < -0.39 is 5.91 Å². The van der Waals surface area contributed by atoms with E-state index in [9.17, 15) is 9.18 Å². The Morgan fingerprint density at radius 1 is 0.872 bits per heavy atom. The highest BCUT2D eigenvalue weighted by molar-refractivity contribution is 9.10. The first-order chi connectivity index (χ1) is 19.0. The van der Waals surface area contributed by atoms with Gasteiger partial charge in [0.1, 0.15) is 19.0 Å². The molecular formula is C30H26BrFN2O5. The van der Waals surface area contributed by atoms with Gasteiger partial charge in [-0.2, -0.15) is 5.10 Å². The van der Waals surface area contributed by atoms with Gasteiger partial charge in [0.2, 0.25) is 0 Å². The van der Waals surface area contributed by atoms with Crippen LogP contribution in [0.3, 0.4) is 0 Å². The van der Waals surface area contributed by atoms with Gasteiger partial charge in [0.05, 0.1) is 24.9 Å². The van der Waals surface area contributed by atoms with Crippen molar-refractivity contribution >= 4 is 28.1 Å². The fourth-order valence-electron chi connectivity index (χ4n) is 3.61.